The molecule has 6 fully saturated rings. The molecule has 5 aromatic carbocycles. The molecular weight excluding hydrogens is 1530 g/mol. The van der Waals surface area contributed by atoms with Crippen molar-refractivity contribution in [3.05, 3.63) is 186 Å². The summed E-state index contributed by atoms with van der Waals surface area (Å²) in [6.45, 7) is 13.1. The Morgan fingerprint density at radius 3 is 1.27 bits per heavy atom. The predicted molar refractivity (Wildman–Crippen MR) is 475 cm³/mol. The lowest BCUT2D eigenvalue weighted by Crippen LogP contribution is -2.39. The van der Waals surface area contributed by atoms with Crippen LogP contribution in [0.5, 0.6) is 17.2 Å². The summed E-state index contributed by atoms with van der Waals surface area (Å²) in [5.74, 6) is 31.7. The molecule has 0 radical (unpaired) electrons. The SMILES string of the molecule is C=CC(=O)OCCCCOCOC1CCC(C(=O)Oc2ccc(C(=O)OC3(C#Cc4ccc(CC#Cc5ccc(CC#Cc6ccc(C#CC7(OCOc8ccc(OCOC9CCC(C(=O)OCCCCOC(=O)C=C)CC9)cc8)CCC(C8CCC(CCCCC)CC8)CC7)cc6)cc5)cc4)CCC(C4CCC(CCCCC)CC4)CC3)cc2)CC1. The second kappa shape index (κ2) is 51.0. The number of rotatable bonds is 40. The van der Waals surface area contributed by atoms with Gasteiger partial charge >= 0.3 is 29.8 Å². The molecule has 0 atom stereocenters. The van der Waals surface area contributed by atoms with Gasteiger partial charge in [-0.1, -0.05) is 170 Å². The van der Waals surface area contributed by atoms with Crippen molar-refractivity contribution >= 4 is 29.8 Å². The average Bonchev–Trinajstić information content (AvgIpc) is 0.805. The molecule has 11 rings (SSSR count). The Balaban J connectivity index is 0.627. The van der Waals surface area contributed by atoms with Gasteiger partial charge in [0.2, 0.25) is 0 Å². The molecule has 652 valence electrons. The number of unbranched alkanes of at least 4 members (excludes halogenated alkanes) is 6. The highest BCUT2D eigenvalue weighted by Crippen LogP contribution is 2.47. The fraction of sp³-hybridized carbons (Fsp3) is 0.557. The van der Waals surface area contributed by atoms with E-state index in [1.807, 2.05) is 48.5 Å². The second-order valence-corrected chi connectivity index (χ2v) is 34.8. The Bertz CT molecular complexity index is 4300. The number of hydrogen-bond donors (Lipinski definition) is 0. The van der Waals surface area contributed by atoms with Crippen molar-refractivity contribution in [1.82, 2.24) is 0 Å². The summed E-state index contributed by atoms with van der Waals surface area (Å²) in [5, 5.41) is 0. The molecule has 0 bridgehead atoms. The molecule has 0 spiro atoms. The lowest BCUT2D eigenvalue weighted by atomic mass is 9.67. The van der Waals surface area contributed by atoms with E-state index in [1.165, 1.54) is 103 Å². The van der Waals surface area contributed by atoms with Crippen LogP contribution in [0.2, 0.25) is 0 Å². The van der Waals surface area contributed by atoms with Crippen molar-refractivity contribution < 1.29 is 76.1 Å². The number of carbonyl (C=O) groups is 5. The average molecular weight is 1660 g/mol. The Hall–Kier alpha value is -9.39. The fourth-order valence-electron chi connectivity index (χ4n) is 18.4. The number of hydrogen-bond acceptors (Lipinski definition) is 16. The van der Waals surface area contributed by atoms with Crippen LogP contribution in [0.3, 0.4) is 0 Å². The normalized spacial score (nSPS) is 23.7. The third-order valence-electron chi connectivity index (χ3n) is 26.1. The number of benzene rings is 5. The number of carbonyl (C=O) groups excluding carboxylic acids is 5. The van der Waals surface area contributed by atoms with Gasteiger partial charge in [-0.3, -0.25) is 9.59 Å². The first-order valence-electron chi connectivity index (χ1n) is 46.1. The monoisotopic (exact) mass is 1660 g/mol. The fourth-order valence-corrected chi connectivity index (χ4v) is 18.4. The van der Waals surface area contributed by atoms with Crippen LogP contribution in [-0.4, -0.2) is 100 Å². The molecule has 0 amide bonds. The van der Waals surface area contributed by atoms with E-state index < -0.39 is 29.1 Å². The molecule has 0 aromatic heterocycles. The molecule has 0 aliphatic heterocycles. The van der Waals surface area contributed by atoms with E-state index in [1.54, 1.807) is 24.3 Å². The van der Waals surface area contributed by atoms with E-state index in [-0.39, 0.29) is 63.0 Å². The molecule has 0 N–H and O–H groups in total. The van der Waals surface area contributed by atoms with Gasteiger partial charge in [-0.15, -0.1) is 0 Å². The Morgan fingerprint density at radius 2 is 0.795 bits per heavy atom. The molecule has 5 aromatic rings. The van der Waals surface area contributed by atoms with Crippen LogP contribution in [-0.2, 0) is 69.9 Å². The highest BCUT2D eigenvalue weighted by Gasteiger charge is 2.42. The summed E-state index contributed by atoms with van der Waals surface area (Å²) in [5.41, 5.74) is 4.67. The van der Waals surface area contributed by atoms with Gasteiger partial charge in [0, 0.05) is 53.9 Å². The van der Waals surface area contributed by atoms with Crippen LogP contribution in [0.15, 0.2) is 147 Å². The molecular formula is C106H132O16. The first-order chi connectivity index (χ1) is 59.7. The predicted octanol–water partition coefficient (Wildman–Crippen LogP) is 22.0. The summed E-state index contributed by atoms with van der Waals surface area (Å²) in [7, 11) is 0. The highest BCUT2D eigenvalue weighted by atomic mass is 16.7. The third kappa shape index (κ3) is 31.7. The van der Waals surface area contributed by atoms with Crippen molar-refractivity contribution in [2.45, 2.75) is 281 Å². The Labute approximate surface area is 727 Å². The zero-order valence-corrected chi connectivity index (χ0v) is 72.7. The minimum atomic E-state index is -0.937. The van der Waals surface area contributed by atoms with Crippen molar-refractivity contribution in [1.29, 1.82) is 0 Å². The highest BCUT2D eigenvalue weighted by molar-refractivity contribution is 5.90. The largest absolute Gasteiger partial charge is 0.468 e. The molecule has 6 aliphatic carbocycles. The van der Waals surface area contributed by atoms with Gasteiger partial charge < -0.3 is 52.1 Å². The van der Waals surface area contributed by atoms with Gasteiger partial charge in [0.05, 0.1) is 49.4 Å². The summed E-state index contributed by atoms with van der Waals surface area (Å²) in [6, 6.07) is 39.0. The topological polar surface area (TPSA) is 187 Å². The summed E-state index contributed by atoms with van der Waals surface area (Å²) in [6.07, 6.45) is 40.4. The van der Waals surface area contributed by atoms with Gasteiger partial charge in [-0.05, 0) is 304 Å². The van der Waals surface area contributed by atoms with Gasteiger partial charge in [-0.25, -0.2) is 14.4 Å². The minimum absolute atomic E-state index is 0.00667. The van der Waals surface area contributed by atoms with E-state index in [9.17, 15) is 24.0 Å². The number of ether oxygens (including phenoxy) is 11. The van der Waals surface area contributed by atoms with Crippen molar-refractivity contribution in [2.75, 3.05) is 46.8 Å². The van der Waals surface area contributed by atoms with Gasteiger partial charge in [0.1, 0.15) is 29.6 Å². The zero-order valence-electron chi connectivity index (χ0n) is 72.7. The lowest BCUT2D eigenvalue weighted by Gasteiger charge is -2.41. The zero-order chi connectivity index (χ0) is 85.2. The molecule has 0 unspecified atom stereocenters. The first kappa shape index (κ1) is 93.3. The van der Waals surface area contributed by atoms with Gasteiger partial charge in [0.25, 0.3) is 0 Å². The van der Waals surface area contributed by atoms with Gasteiger partial charge in [0.15, 0.2) is 19.2 Å². The molecule has 0 heterocycles. The van der Waals surface area contributed by atoms with Crippen LogP contribution in [0.25, 0.3) is 0 Å². The van der Waals surface area contributed by atoms with E-state index in [0.29, 0.717) is 131 Å². The van der Waals surface area contributed by atoms with E-state index in [4.69, 9.17) is 52.1 Å². The van der Waals surface area contributed by atoms with Crippen LogP contribution in [0.4, 0.5) is 0 Å². The Morgan fingerprint density at radius 1 is 0.393 bits per heavy atom. The van der Waals surface area contributed by atoms with E-state index in [2.05, 4.69) is 123 Å². The van der Waals surface area contributed by atoms with Crippen molar-refractivity contribution in [3.63, 3.8) is 0 Å². The van der Waals surface area contributed by atoms with Crippen LogP contribution < -0.4 is 14.2 Å². The second-order valence-electron chi connectivity index (χ2n) is 34.8. The molecule has 6 aliphatic rings. The minimum Gasteiger partial charge on any atom is -0.468 e. The van der Waals surface area contributed by atoms with E-state index >= 15 is 0 Å². The van der Waals surface area contributed by atoms with Crippen LogP contribution in [0, 0.1) is 94.7 Å². The van der Waals surface area contributed by atoms with Crippen molar-refractivity contribution in [3.8, 4) is 64.6 Å². The summed E-state index contributed by atoms with van der Waals surface area (Å²) < 4.78 is 64.4. The first-order valence-corrected chi connectivity index (χ1v) is 46.1. The Kier molecular flexibility index (Phi) is 39.0. The molecule has 16 heteroatoms. The van der Waals surface area contributed by atoms with E-state index in [0.717, 1.165) is 134 Å². The standard InChI is InChI=1S/C106H132O16/c1-5-9-11-19-80-37-41-88(42-38-80)90-63-69-105(70-64-90,120-79-119-98-59-57-97(58-60-98)118-78-117-96-51-45-92(46-52-96)102(109)115-76-16-15-75-114-101(108)8-4)67-61-86-33-29-84(30-34-86)23-17-21-82-25-27-83(28-26-82)22-18-24-85-31-35-87(36-32-85)62-68-106(71-65-91(66-72-106)89-43-39-81(40-44-89)20-12-10-6-2)122-104(111)94-49-55-99(56-50-94)121-103(110)93-47-53-95(54-48-93)116-77-112-73-13-14-74-113-100(107)7-3/h7-8,25-36,49-50,55-60,80-81,88-93,95-96H,3-6,9-16,19-21,24,37-48,51-54,63-66,69-79H2,1-2H3. The lowest BCUT2D eigenvalue weighted by molar-refractivity contribution is -0.151. The maximum absolute atomic E-state index is 14.2. The molecule has 6 saturated carbocycles. The van der Waals surface area contributed by atoms with Crippen LogP contribution in [0.1, 0.15) is 289 Å². The molecule has 0 saturated heterocycles. The molecule has 122 heavy (non-hydrogen) atoms. The third-order valence-corrected chi connectivity index (χ3v) is 26.1. The smallest absolute Gasteiger partial charge is 0.339 e. The summed E-state index contributed by atoms with van der Waals surface area (Å²) in [4.78, 5) is 62.6. The summed E-state index contributed by atoms with van der Waals surface area (Å²) >= 11 is 0. The van der Waals surface area contributed by atoms with Gasteiger partial charge in [-0.2, -0.15) is 0 Å². The number of esters is 5. The maximum atomic E-state index is 14.2. The molecule has 16 nitrogen and oxygen atoms in total. The van der Waals surface area contributed by atoms with Crippen molar-refractivity contribution in [2.24, 2.45) is 47.3 Å². The van der Waals surface area contributed by atoms with Crippen LogP contribution >= 0.6 is 0 Å². The maximum Gasteiger partial charge on any atom is 0.339 e. The quantitative estimate of drug-likeness (QED) is 0.00685.